The van der Waals surface area contributed by atoms with Crippen molar-refractivity contribution in [1.29, 1.82) is 0 Å². The minimum atomic E-state index is -1.28. The number of aliphatic carboxylic acids is 1. The van der Waals surface area contributed by atoms with E-state index in [1.807, 2.05) is 0 Å². The zero-order valence-corrected chi connectivity index (χ0v) is 12.7. The SMILES string of the molecule is C[N+]1(CC2=C(C(=O)[O-])N3C(=O)[C@@H](N)[C@H]3SC2)CCOCC1. The number of likely N-dealkylation sites (N-methyl/N-ethyl adjacent to an activating group) is 1. The molecular formula is C13H19N3O4S. The van der Waals surface area contributed by atoms with Crippen LogP contribution in [-0.4, -0.2) is 78.3 Å². The van der Waals surface area contributed by atoms with Gasteiger partial charge in [0, 0.05) is 11.3 Å². The smallest absolute Gasteiger partial charge is 0.248 e. The maximum absolute atomic E-state index is 11.9. The second-order valence-corrected chi connectivity index (χ2v) is 7.12. The number of quaternary nitrogens is 1. The molecule has 1 amide bonds. The fourth-order valence-corrected chi connectivity index (χ4v) is 4.37. The molecule has 8 heteroatoms. The number of carboxylic acids is 1. The third-order valence-corrected chi connectivity index (χ3v) is 5.77. The Morgan fingerprint density at radius 2 is 2.19 bits per heavy atom. The van der Waals surface area contributed by atoms with Crippen molar-refractivity contribution in [2.45, 2.75) is 11.4 Å². The molecular weight excluding hydrogens is 294 g/mol. The van der Waals surface area contributed by atoms with Gasteiger partial charge in [0.05, 0.1) is 31.9 Å². The van der Waals surface area contributed by atoms with Gasteiger partial charge in [-0.1, -0.05) is 0 Å². The second-order valence-electron chi connectivity index (χ2n) is 6.01. The fourth-order valence-electron chi connectivity index (χ4n) is 3.09. The molecule has 2 atom stereocenters. The van der Waals surface area contributed by atoms with Gasteiger partial charge in [0.25, 0.3) is 0 Å². The Balaban J connectivity index is 1.87. The highest BCUT2D eigenvalue weighted by molar-refractivity contribution is 8.00. The number of hydrogen-bond donors (Lipinski definition) is 1. The molecule has 7 nitrogen and oxygen atoms in total. The first-order valence-electron chi connectivity index (χ1n) is 6.98. The zero-order chi connectivity index (χ0) is 15.2. The topological polar surface area (TPSA) is 95.7 Å². The number of hydrogen-bond acceptors (Lipinski definition) is 6. The number of ether oxygens (including phenoxy) is 1. The van der Waals surface area contributed by atoms with Crippen molar-refractivity contribution in [3.05, 3.63) is 11.3 Å². The summed E-state index contributed by atoms with van der Waals surface area (Å²) in [6.07, 6.45) is 0. The van der Waals surface area contributed by atoms with Crippen LogP contribution >= 0.6 is 11.8 Å². The number of β-lactam (4-membered cyclic amide) rings is 1. The number of fused-ring (bicyclic) bond motifs is 1. The summed E-state index contributed by atoms with van der Waals surface area (Å²) in [5, 5.41) is 11.2. The highest BCUT2D eigenvalue weighted by Crippen LogP contribution is 2.39. The number of carbonyl (C=O) groups is 2. The number of carbonyl (C=O) groups excluding carboxylic acids is 2. The van der Waals surface area contributed by atoms with Crippen LogP contribution in [0.3, 0.4) is 0 Å². The van der Waals surface area contributed by atoms with E-state index in [-0.39, 0.29) is 17.0 Å². The average molecular weight is 313 g/mol. The van der Waals surface area contributed by atoms with Crippen molar-refractivity contribution in [2.75, 3.05) is 45.6 Å². The van der Waals surface area contributed by atoms with Gasteiger partial charge in [-0.05, 0) is 0 Å². The monoisotopic (exact) mass is 313 g/mol. The molecule has 3 heterocycles. The van der Waals surface area contributed by atoms with Gasteiger partial charge >= 0.3 is 0 Å². The molecule has 0 aromatic heterocycles. The van der Waals surface area contributed by atoms with E-state index < -0.39 is 12.0 Å². The van der Waals surface area contributed by atoms with Crippen molar-refractivity contribution >= 4 is 23.6 Å². The molecule has 0 saturated carbocycles. The molecule has 3 aliphatic heterocycles. The molecule has 2 fully saturated rings. The molecule has 0 unspecified atom stereocenters. The van der Waals surface area contributed by atoms with E-state index in [0.29, 0.717) is 25.5 Å². The Morgan fingerprint density at radius 1 is 1.52 bits per heavy atom. The third-order valence-electron chi connectivity index (χ3n) is 4.41. The van der Waals surface area contributed by atoms with Crippen LogP contribution < -0.4 is 10.8 Å². The number of nitrogens with two attached hydrogens (primary N) is 1. The number of rotatable bonds is 3. The summed E-state index contributed by atoms with van der Waals surface area (Å²) < 4.78 is 6.09. The number of carboxylic acid groups (broad SMARTS) is 1. The summed E-state index contributed by atoms with van der Waals surface area (Å²) in [5.41, 5.74) is 6.53. The molecule has 3 rings (SSSR count). The molecule has 0 aliphatic carbocycles. The minimum absolute atomic E-state index is 0.0382. The molecule has 0 spiro atoms. The zero-order valence-electron chi connectivity index (χ0n) is 11.9. The third kappa shape index (κ3) is 2.46. The Labute approximate surface area is 127 Å². The molecule has 0 aromatic rings. The summed E-state index contributed by atoms with van der Waals surface area (Å²) in [5.74, 6) is -1.02. The summed E-state index contributed by atoms with van der Waals surface area (Å²) in [6.45, 7) is 3.63. The predicted octanol–water partition coefficient (Wildman–Crippen LogP) is -2.29. The molecule has 2 N–H and O–H groups in total. The van der Waals surface area contributed by atoms with Crippen molar-refractivity contribution < 1.29 is 23.9 Å². The highest BCUT2D eigenvalue weighted by Gasteiger charge is 2.50. The van der Waals surface area contributed by atoms with Crippen LogP contribution in [0.15, 0.2) is 11.3 Å². The van der Waals surface area contributed by atoms with Gasteiger partial charge in [0.15, 0.2) is 0 Å². The number of nitrogens with zero attached hydrogens (tertiary/aromatic N) is 2. The summed E-state index contributed by atoms with van der Waals surface area (Å²) >= 11 is 1.53. The van der Waals surface area contributed by atoms with E-state index in [1.165, 1.54) is 16.7 Å². The Bertz CT molecular complexity index is 516. The first-order chi connectivity index (χ1) is 9.93. The Hall–Kier alpha value is -1.09. The van der Waals surface area contributed by atoms with E-state index in [0.717, 1.165) is 23.1 Å². The van der Waals surface area contributed by atoms with Gasteiger partial charge in [-0.2, -0.15) is 0 Å². The van der Waals surface area contributed by atoms with Crippen molar-refractivity contribution in [3.8, 4) is 0 Å². The van der Waals surface area contributed by atoms with Gasteiger partial charge in [0.2, 0.25) is 5.91 Å². The van der Waals surface area contributed by atoms with Crippen LogP contribution in [0.5, 0.6) is 0 Å². The second kappa shape index (κ2) is 5.28. The summed E-state index contributed by atoms with van der Waals surface area (Å²) in [4.78, 5) is 24.7. The Morgan fingerprint density at radius 3 is 2.81 bits per heavy atom. The van der Waals surface area contributed by atoms with Gasteiger partial charge in [-0.15, -0.1) is 11.8 Å². The maximum atomic E-state index is 11.9. The fraction of sp³-hybridized carbons (Fsp3) is 0.692. The Kier molecular flexibility index (Phi) is 3.73. The van der Waals surface area contributed by atoms with Crippen LogP contribution in [-0.2, 0) is 14.3 Å². The molecule has 3 aliphatic rings. The average Bonchev–Trinajstić information content (AvgIpc) is 2.46. The molecule has 0 radical (unpaired) electrons. The van der Waals surface area contributed by atoms with E-state index >= 15 is 0 Å². The lowest BCUT2D eigenvalue weighted by Crippen LogP contribution is -2.69. The van der Waals surface area contributed by atoms with E-state index in [2.05, 4.69) is 7.05 Å². The highest BCUT2D eigenvalue weighted by atomic mass is 32.2. The number of thioether (sulfide) groups is 1. The lowest BCUT2D eigenvalue weighted by molar-refractivity contribution is -0.912. The summed E-state index contributed by atoms with van der Waals surface area (Å²) in [6, 6.07) is -0.598. The largest absolute Gasteiger partial charge is 0.543 e. The lowest BCUT2D eigenvalue weighted by Gasteiger charge is -2.50. The molecule has 0 aromatic carbocycles. The first kappa shape index (κ1) is 14.8. The quantitative estimate of drug-likeness (QED) is 0.465. The summed E-state index contributed by atoms with van der Waals surface area (Å²) in [7, 11) is 2.09. The molecule has 116 valence electrons. The number of morpholine rings is 1. The van der Waals surface area contributed by atoms with E-state index in [9.17, 15) is 14.7 Å². The number of amides is 1. The standard InChI is InChI=1S/C13H19N3O4S/c1-16(2-4-20-5-3-16)6-8-7-21-12-9(14)11(17)15(12)10(8)13(18)19/h9,12H,2-7,14H2,1H3/t9-,12-/m1/s1. The molecule has 2 saturated heterocycles. The molecule has 0 bridgehead atoms. The van der Waals surface area contributed by atoms with Crippen LogP contribution in [0.2, 0.25) is 0 Å². The van der Waals surface area contributed by atoms with Gasteiger partial charge in [0.1, 0.15) is 31.0 Å². The van der Waals surface area contributed by atoms with Crippen LogP contribution in [0, 0.1) is 0 Å². The first-order valence-corrected chi connectivity index (χ1v) is 8.03. The van der Waals surface area contributed by atoms with Crippen molar-refractivity contribution in [1.82, 2.24) is 4.90 Å². The van der Waals surface area contributed by atoms with Gasteiger partial charge in [-0.3, -0.25) is 9.69 Å². The van der Waals surface area contributed by atoms with E-state index in [1.54, 1.807) is 0 Å². The van der Waals surface area contributed by atoms with Crippen molar-refractivity contribution in [2.24, 2.45) is 5.73 Å². The van der Waals surface area contributed by atoms with Crippen LogP contribution in [0.25, 0.3) is 0 Å². The lowest BCUT2D eigenvalue weighted by atomic mass is 10.0. The maximum Gasteiger partial charge on any atom is 0.248 e. The predicted molar refractivity (Wildman–Crippen MR) is 74.7 cm³/mol. The normalized spacial score (nSPS) is 31.7. The van der Waals surface area contributed by atoms with Crippen molar-refractivity contribution in [3.63, 3.8) is 0 Å². The van der Waals surface area contributed by atoms with Crippen LogP contribution in [0.4, 0.5) is 0 Å². The van der Waals surface area contributed by atoms with E-state index in [4.69, 9.17) is 10.5 Å². The van der Waals surface area contributed by atoms with Crippen LogP contribution in [0.1, 0.15) is 0 Å². The van der Waals surface area contributed by atoms with Gasteiger partial charge in [-0.25, -0.2) is 0 Å². The van der Waals surface area contributed by atoms with Gasteiger partial charge < -0.3 is 24.9 Å². The molecule has 21 heavy (non-hydrogen) atoms. The minimum Gasteiger partial charge on any atom is -0.543 e.